The second kappa shape index (κ2) is 8.89. The Labute approximate surface area is 140 Å². The first-order valence-corrected chi connectivity index (χ1v) is 6.37. The number of carboxylic acid groups (broad SMARTS) is 1. The fourth-order valence-corrected chi connectivity index (χ4v) is 1.88. The Morgan fingerprint density at radius 1 is 1.20 bits per heavy atom. The monoisotopic (exact) mass is 281 g/mol. The molecule has 0 spiro atoms. The number of hydrogen-bond acceptors (Lipinski definition) is 4. The van der Waals surface area contributed by atoms with Gasteiger partial charge in [0.15, 0.2) is 0 Å². The number of carboxylic acids is 1. The van der Waals surface area contributed by atoms with Gasteiger partial charge in [-0.3, -0.25) is 4.68 Å². The van der Waals surface area contributed by atoms with E-state index in [1.54, 1.807) is 4.68 Å². The molecule has 0 aliphatic heterocycles. The number of benzene rings is 1. The van der Waals surface area contributed by atoms with E-state index < -0.39 is 5.97 Å². The van der Waals surface area contributed by atoms with E-state index >= 15 is 0 Å². The first-order valence-electron chi connectivity index (χ1n) is 6.37. The maximum Gasteiger partial charge on any atom is 1.00 e. The van der Waals surface area contributed by atoms with Crippen LogP contribution >= 0.6 is 0 Å². The van der Waals surface area contributed by atoms with Crippen LogP contribution in [0.3, 0.4) is 0 Å². The van der Waals surface area contributed by atoms with Gasteiger partial charge in [0.05, 0.1) is 5.69 Å². The predicted molar refractivity (Wildman–Crippen MR) is 68.1 cm³/mol. The van der Waals surface area contributed by atoms with E-state index in [0.29, 0.717) is 13.0 Å². The van der Waals surface area contributed by atoms with Crippen molar-refractivity contribution in [2.75, 3.05) is 0 Å². The van der Waals surface area contributed by atoms with Gasteiger partial charge in [0.25, 0.3) is 0 Å². The number of aliphatic carboxylic acids is 1. The van der Waals surface area contributed by atoms with Crippen molar-refractivity contribution < 1.29 is 39.5 Å². The number of carbonyl (C=O) groups excluding carboxylic acids is 1. The van der Waals surface area contributed by atoms with Crippen LogP contribution < -0.4 is 34.7 Å². The quantitative estimate of drug-likeness (QED) is 0.426. The largest absolute Gasteiger partial charge is 1.00 e. The van der Waals surface area contributed by atoms with Crippen molar-refractivity contribution in [1.29, 1.82) is 0 Å². The molecule has 0 saturated carbocycles. The summed E-state index contributed by atoms with van der Waals surface area (Å²) in [6.45, 7) is 0.690. The number of nitrogens with zero attached hydrogens (tertiary/aromatic N) is 3. The van der Waals surface area contributed by atoms with E-state index in [1.807, 2.05) is 24.4 Å². The zero-order valence-electron chi connectivity index (χ0n) is 11.7. The summed E-state index contributed by atoms with van der Waals surface area (Å²) in [5.74, 6) is -0.997. The third-order valence-corrected chi connectivity index (χ3v) is 2.83. The van der Waals surface area contributed by atoms with E-state index in [-0.39, 0.29) is 36.0 Å². The van der Waals surface area contributed by atoms with Crippen molar-refractivity contribution in [1.82, 2.24) is 15.0 Å². The smallest absolute Gasteiger partial charge is 0.550 e. The van der Waals surface area contributed by atoms with Crippen LogP contribution in [0.5, 0.6) is 0 Å². The van der Waals surface area contributed by atoms with Gasteiger partial charge >= 0.3 is 29.6 Å². The van der Waals surface area contributed by atoms with Crippen LogP contribution in [0, 0.1) is 0 Å². The summed E-state index contributed by atoms with van der Waals surface area (Å²) in [6.07, 6.45) is 4.15. The van der Waals surface area contributed by atoms with Crippen LogP contribution in [0.15, 0.2) is 36.5 Å². The van der Waals surface area contributed by atoms with E-state index in [0.717, 1.165) is 18.5 Å². The summed E-state index contributed by atoms with van der Waals surface area (Å²) in [7, 11) is 0. The summed E-state index contributed by atoms with van der Waals surface area (Å²) in [4.78, 5) is 10.3. The average molecular weight is 281 g/mol. The fourth-order valence-electron chi connectivity index (χ4n) is 1.88. The Morgan fingerprint density at radius 3 is 2.65 bits per heavy atom. The standard InChI is InChI=1S/C14H17N3O2.Na/c18-14(19)8-4-5-9-17-11-13(15-16-17)10-12-6-2-1-3-7-12;/h1-3,6-7,11H,4-5,8-10H2,(H,18,19);/q;+1/p-1. The first kappa shape index (κ1) is 16.9. The topological polar surface area (TPSA) is 70.8 Å². The Bertz CT molecular complexity index is 528. The second-order valence-corrected chi connectivity index (χ2v) is 4.46. The summed E-state index contributed by atoms with van der Waals surface area (Å²) in [5, 5.41) is 18.4. The van der Waals surface area contributed by atoms with Crippen molar-refractivity contribution in [2.45, 2.75) is 32.2 Å². The van der Waals surface area contributed by atoms with Gasteiger partial charge < -0.3 is 9.90 Å². The normalized spacial score (nSPS) is 10.0. The summed E-state index contributed by atoms with van der Waals surface area (Å²) in [6, 6.07) is 10.1. The third-order valence-electron chi connectivity index (χ3n) is 2.83. The van der Waals surface area contributed by atoms with Crippen LogP contribution in [0.1, 0.15) is 30.5 Å². The molecule has 0 unspecified atom stereocenters. The van der Waals surface area contributed by atoms with Gasteiger partial charge in [-0.2, -0.15) is 0 Å². The molecule has 0 fully saturated rings. The summed E-state index contributed by atoms with van der Waals surface area (Å²) in [5.41, 5.74) is 2.12. The Morgan fingerprint density at radius 2 is 1.95 bits per heavy atom. The molecule has 0 bridgehead atoms. The molecule has 2 rings (SSSR count). The fraction of sp³-hybridized carbons (Fsp3) is 0.357. The number of rotatable bonds is 7. The number of hydrogen-bond donors (Lipinski definition) is 0. The number of carbonyl (C=O) groups is 1. The van der Waals surface area contributed by atoms with Crippen LogP contribution in [-0.2, 0) is 17.8 Å². The zero-order valence-corrected chi connectivity index (χ0v) is 13.7. The van der Waals surface area contributed by atoms with Crippen molar-refractivity contribution in [3.05, 3.63) is 47.8 Å². The molecule has 1 aromatic carbocycles. The third kappa shape index (κ3) is 5.86. The molecule has 0 saturated heterocycles. The molecule has 5 nitrogen and oxygen atoms in total. The molecule has 2 aromatic rings. The van der Waals surface area contributed by atoms with Gasteiger partial charge in [0.1, 0.15) is 0 Å². The molecule has 0 aliphatic rings. The van der Waals surface area contributed by atoms with Crippen LogP contribution in [0.4, 0.5) is 0 Å². The predicted octanol–water partition coefficient (Wildman–Crippen LogP) is -2.21. The molecule has 0 aliphatic carbocycles. The molecular weight excluding hydrogens is 265 g/mol. The van der Waals surface area contributed by atoms with Crippen molar-refractivity contribution in [3.8, 4) is 0 Å². The minimum Gasteiger partial charge on any atom is -0.550 e. The molecule has 100 valence electrons. The maximum atomic E-state index is 10.3. The second-order valence-electron chi connectivity index (χ2n) is 4.46. The molecule has 1 heterocycles. The zero-order chi connectivity index (χ0) is 13.5. The molecule has 0 N–H and O–H groups in total. The Balaban J connectivity index is 0.00000200. The van der Waals surface area contributed by atoms with E-state index in [1.165, 1.54) is 5.56 Å². The number of aromatic nitrogens is 3. The Hall–Kier alpha value is -1.17. The van der Waals surface area contributed by atoms with E-state index in [2.05, 4.69) is 22.4 Å². The van der Waals surface area contributed by atoms with Crippen molar-refractivity contribution in [2.24, 2.45) is 0 Å². The van der Waals surface area contributed by atoms with E-state index in [9.17, 15) is 9.90 Å². The SMILES string of the molecule is O=C([O-])CCCCn1cc(Cc2ccccc2)nn1.[Na+]. The van der Waals surface area contributed by atoms with Gasteiger partial charge in [-0.25, -0.2) is 0 Å². The summed E-state index contributed by atoms with van der Waals surface area (Å²) < 4.78 is 1.76. The van der Waals surface area contributed by atoms with Gasteiger partial charge in [-0.15, -0.1) is 5.10 Å². The van der Waals surface area contributed by atoms with Gasteiger partial charge in [0.2, 0.25) is 0 Å². The minimum absolute atomic E-state index is 0. The number of aryl methyl sites for hydroxylation is 1. The van der Waals surface area contributed by atoms with Crippen molar-refractivity contribution in [3.63, 3.8) is 0 Å². The summed E-state index contributed by atoms with van der Waals surface area (Å²) >= 11 is 0. The Kier molecular flexibility index (Phi) is 7.51. The van der Waals surface area contributed by atoms with Crippen LogP contribution in [-0.4, -0.2) is 21.0 Å². The van der Waals surface area contributed by atoms with Crippen molar-refractivity contribution >= 4 is 5.97 Å². The molecule has 20 heavy (non-hydrogen) atoms. The van der Waals surface area contributed by atoms with Gasteiger partial charge in [-0.1, -0.05) is 35.5 Å². The van der Waals surface area contributed by atoms with Gasteiger partial charge in [-0.05, 0) is 24.8 Å². The molecule has 1 aromatic heterocycles. The first-order chi connectivity index (χ1) is 9.24. The van der Waals surface area contributed by atoms with Gasteiger partial charge in [0, 0.05) is 25.1 Å². The molecule has 0 atom stereocenters. The van der Waals surface area contributed by atoms with Crippen LogP contribution in [0.2, 0.25) is 0 Å². The van der Waals surface area contributed by atoms with E-state index in [4.69, 9.17) is 0 Å². The number of unbranched alkanes of at least 4 members (excludes halogenated alkanes) is 1. The molecule has 0 amide bonds. The maximum absolute atomic E-state index is 10.3. The molecular formula is C14H16N3NaO2. The molecule has 0 radical (unpaired) electrons. The van der Waals surface area contributed by atoms with Crippen LogP contribution in [0.25, 0.3) is 0 Å². The minimum atomic E-state index is -0.997. The molecule has 6 heteroatoms. The average Bonchev–Trinajstić information content (AvgIpc) is 2.83.